The molecule has 1 rings (SSSR count). The van der Waals surface area contributed by atoms with Crippen LogP contribution in [-0.4, -0.2) is 9.97 Å². The topological polar surface area (TPSA) is 25.8 Å². The maximum Gasteiger partial charge on any atom is 0.128 e. The molecule has 0 spiro atoms. The molecule has 0 bridgehead atoms. The van der Waals surface area contributed by atoms with Crippen molar-refractivity contribution in [2.24, 2.45) is 0 Å². The highest BCUT2D eigenvalue weighted by atomic mass is 79.9. The van der Waals surface area contributed by atoms with Gasteiger partial charge in [0.1, 0.15) is 5.82 Å². The lowest BCUT2D eigenvalue weighted by Gasteiger charge is -2.00. The average molecular weight is 271 g/mol. The van der Waals surface area contributed by atoms with Gasteiger partial charge in [0, 0.05) is 18.8 Å². The van der Waals surface area contributed by atoms with Crippen molar-refractivity contribution in [3.05, 3.63) is 22.7 Å². The van der Waals surface area contributed by atoms with Crippen molar-refractivity contribution in [3.8, 4) is 0 Å². The predicted molar refractivity (Wildman–Crippen MR) is 66.8 cm³/mol. The highest BCUT2D eigenvalue weighted by Gasteiger charge is 1.96. The summed E-state index contributed by atoms with van der Waals surface area (Å²) < 4.78 is 0.953. The third-order valence-electron chi connectivity index (χ3n) is 2.43. The molecule has 15 heavy (non-hydrogen) atoms. The maximum atomic E-state index is 4.25. The molecule has 0 aliphatic rings. The smallest absolute Gasteiger partial charge is 0.128 e. The van der Waals surface area contributed by atoms with Crippen molar-refractivity contribution < 1.29 is 0 Å². The molecule has 0 amide bonds. The highest BCUT2D eigenvalue weighted by Crippen LogP contribution is 2.09. The lowest BCUT2D eigenvalue weighted by molar-refractivity contribution is 0.600. The number of hydrogen-bond acceptors (Lipinski definition) is 2. The highest BCUT2D eigenvalue weighted by molar-refractivity contribution is 9.10. The second-order valence-electron chi connectivity index (χ2n) is 3.84. The van der Waals surface area contributed by atoms with Crippen LogP contribution in [0.5, 0.6) is 0 Å². The number of rotatable bonds is 7. The van der Waals surface area contributed by atoms with Gasteiger partial charge in [0.05, 0.1) is 4.47 Å². The zero-order valence-corrected chi connectivity index (χ0v) is 11.0. The molecule has 0 radical (unpaired) electrons. The van der Waals surface area contributed by atoms with Crippen LogP contribution in [0.15, 0.2) is 16.9 Å². The SMILES string of the molecule is CCCCCCCCc1ncc(Br)cn1. The van der Waals surface area contributed by atoms with Crippen molar-refractivity contribution in [2.45, 2.75) is 51.9 Å². The molecule has 2 nitrogen and oxygen atoms in total. The van der Waals surface area contributed by atoms with Gasteiger partial charge < -0.3 is 0 Å². The summed E-state index contributed by atoms with van der Waals surface area (Å²) in [4.78, 5) is 8.51. The van der Waals surface area contributed by atoms with E-state index in [1.807, 2.05) is 12.4 Å². The molecule has 0 aliphatic heterocycles. The van der Waals surface area contributed by atoms with Gasteiger partial charge >= 0.3 is 0 Å². The molecule has 0 saturated carbocycles. The van der Waals surface area contributed by atoms with Crippen LogP contribution in [0.4, 0.5) is 0 Å². The molecule has 1 aromatic rings. The minimum atomic E-state index is 0.953. The zero-order valence-electron chi connectivity index (χ0n) is 9.38. The first-order valence-electron chi connectivity index (χ1n) is 5.79. The Bertz CT molecular complexity index is 259. The number of halogens is 1. The summed E-state index contributed by atoms with van der Waals surface area (Å²) >= 11 is 3.33. The van der Waals surface area contributed by atoms with Crippen LogP contribution in [0.3, 0.4) is 0 Å². The van der Waals surface area contributed by atoms with Gasteiger partial charge in [0.25, 0.3) is 0 Å². The van der Waals surface area contributed by atoms with E-state index in [4.69, 9.17) is 0 Å². The summed E-state index contributed by atoms with van der Waals surface area (Å²) in [5.74, 6) is 0.966. The lowest BCUT2D eigenvalue weighted by atomic mass is 10.1. The van der Waals surface area contributed by atoms with E-state index in [1.165, 1.54) is 38.5 Å². The maximum absolute atomic E-state index is 4.25. The Morgan fingerprint density at radius 2 is 1.60 bits per heavy atom. The normalized spacial score (nSPS) is 10.5. The summed E-state index contributed by atoms with van der Waals surface area (Å²) in [7, 11) is 0. The fourth-order valence-electron chi connectivity index (χ4n) is 1.53. The predicted octanol–water partition coefficient (Wildman–Crippen LogP) is 4.14. The summed E-state index contributed by atoms with van der Waals surface area (Å²) in [6.45, 7) is 2.25. The minimum absolute atomic E-state index is 0.953. The molecule has 0 aromatic carbocycles. The molecular formula is C12H19BrN2. The van der Waals surface area contributed by atoms with Crippen LogP contribution < -0.4 is 0 Å². The molecule has 3 heteroatoms. The van der Waals surface area contributed by atoms with Gasteiger partial charge in [0.2, 0.25) is 0 Å². The zero-order chi connectivity index (χ0) is 10.9. The Balaban J connectivity index is 2.07. The number of unbranched alkanes of at least 4 members (excludes halogenated alkanes) is 5. The minimum Gasteiger partial charge on any atom is -0.240 e. The third-order valence-corrected chi connectivity index (χ3v) is 2.84. The summed E-state index contributed by atoms with van der Waals surface area (Å²) in [5, 5.41) is 0. The van der Waals surface area contributed by atoms with E-state index in [-0.39, 0.29) is 0 Å². The van der Waals surface area contributed by atoms with Gasteiger partial charge in [-0.1, -0.05) is 39.0 Å². The fourth-order valence-corrected chi connectivity index (χ4v) is 1.74. The van der Waals surface area contributed by atoms with Crippen LogP contribution in [0.25, 0.3) is 0 Å². The van der Waals surface area contributed by atoms with E-state index in [2.05, 4.69) is 32.8 Å². The number of aromatic nitrogens is 2. The van der Waals surface area contributed by atoms with Gasteiger partial charge in [-0.3, -0.25) is 0 Å². The van der Waals surface area contributed by atoms with Gasteiger partial charge in [-0.05, 0) is 22.4 Å². The summed E-state index contributed by atoms with van der Waals surface area (Å²) in [5.41, 5.74) is 0. The Labute approximate surface area is 101 Å². The number of hydrogen-bond donors (Lipinski definition) is 0. The van der Waals surface area contributed by atoms with Crippen LogP contribution in [0, 0.1) is 0 Å². The van der Waals surface area contributed by atoms with E-state index in [0.29, 0.717) is 0 Å². The van der Waals surface area contributed by atoms with Gasteiger partial charge in [0.15, 0.2) is 0 Å². The van der Waals surface area contributed by atoms with Crippen LogP contribution in [0.1, 0.15) is 51.3 Å². The molecule has 0 aliphatic carbocycles. The van der Waals surface area contributed by atoms with E-state index < -0.39 is 0 Å². The van der Waals surface area contributed by atoms with Crippen molar-refractivity contribution in [3.63, 3.8) is 0 Å². The Hall–Kier alpha value is -0.440. The van der Waals surface area contributed by atoms with Crippen molar-refractivity contribution in [2.75, 3.05) is 0 Å². The Morgan fingerprint density at radius 1 is 1.00 bits per heavy atom. The molecule has 0 fully saturated rings. The molecule has 0 N–H and O–H groups in total. The molecule has 1 aromatic heterocycles. The van der Waals surface area contributed by atoms with E-state index >= 15 is 0 Å². The van der Waals surface area contributed by atoms with Gasteiger partial charge in [-0.15, -0.1) is 0 Å². The number of aryl methyl sites for hydroxylation is 1. The lowest BCUT2D eigenvalue weighted by Crippen LogP contribution is -1.94. The first kappa shape index (κ1) is 12.6. The standard InChI is InChI=1S/C12H19BrN2/c1-2-3-4-5-6-7-8-12-14-9-11(13)10-15-12/h9-10H,2-8H2,1H3. The largest absolute Gasteiger partial charge is 0.240 e. The van der Waals surface area contributed by atoms with Crippen molar-refractivity contribution in [1.82, 2.24) is 9.97 Å². The van der Waals surface area contributed by atoms with E-state index in [0.717, 1.165) is 16.7 Å². The van der Waals surface area contributed by atoms with Gasteiger partial charge in [-0.25, -0.2) is 9.97 Å². The first-order chi connectivity index (χ1) is 7.33. The monoisotopic (exact) mass is 270 g/mol. The molecule has 0 saturated heterocycles. The van der Waals surface area contributed by atoms with Crippen LogP contribution in [0.2, 0.25) is 0 Å². The van der Waals surface area contributed by atoms with Gasteiger partial charge in [-0.2, -0.15) is 0 Å². The molecule has 0 atom stereocenters. The quantitative estimate of drug-likeness (QED) is 0.696. The summed E-state index contributed by atoms with van der Waals surface area (Å²) in [6.07, 6.45) is 12.6. The summed E-state index contributed by atoms with van der Waals surface area (Å²) in [6, 6.07) is 0. The second-order valence-corrected chi connectivity index (χ2v) is 4.75. The third kappa shape index (κ3) is 5.88. The fraction of sp³-hybridized carbons (Fsp3) is 0.667. The Morgan fingerprint density at radius 3 is 2.27 bits per heavy atom. The number of nitrogens with zero attached hydrogens (tertiary/aromatic N) is 2. The second kappa shape index (κ2) is 7.80. The molecular weight excluding hydrogens is 252 g/mol. The molecule has 1 heterocycles. The van der Waals surface area contributed by atoms with Crippen LogP contribution in [-0.2, 0) is 6.42 Å². The first-order valence-corrected chi connectivity index (χ1v) is 6.58. The van der Waals surface area contributed by atoms with Crippen molar-refractivity contribution in [1.29, 1.82) is 0 Å². The van der Waals surface area contributed by atoms with Crippen molar-refractivity contribution >= 4 is 15.9 Å². The van der Waals surface area contributed by atoms with Crippen LogP contribution >= 0.6 is 15.9 Å². The van der Waals surface area contributed by atoms with E-state index in [1.54, 1.807) is 0 Å². The average Bonchev–Trinajstić information content (AvgIpc) is 2.26. The molecule has 84 valence electrons. The Kier molecular flexibility index (Phi) is 6.57. The molecule has 0 unspecified atom stereocenters. The van der Waals surface area contributed by atoms with E-state index in [9.17, 15) is 0 Å².